The van der Waals surface area contributed by atoms with E-state index in [4.69, 9.17) is 21.1 Å². The van der Waals surface area contributed by atoms with Crippen molar-refractivity contribution in [2.24, 2.45) is 11.8 Å². The molecule has 3 heterocycles. The molecule has 7 heteroatoms. The Bertz CT molecular complexity index is 835. The van der Waals surface area contributed by atoms with Gasteiger partial charge in [-0.15, -0.1) is 0 Å². The topological polar surface area (TPSA) is 72.9 Å². The number of hydrogen-bond donors (Lipinski definition) is 0. The van der Waals surface area contributed by atoms with Crippen LogP contribution in [0.25, 0.3) is 0 Å². The van der Waals surface area contributed by atoms with E-state index in [0.29, 0.717) is 5.69 Å². The molecular weight excluding hydrogens is 346 g/mol. The van der Waals surface area contributed by atoms with Crippen LogP contribution in [0.5, 0.6) is 0 Å². The fourth-order valence-corrected chi connectivity index (χ4v) is 4.12. The Morgan fingerprint density at radius 3 is 2.80 bits per heavy atom. The molecule has 2 bridgehead atoms. The highest BCUT2D eigenvalue weighted by Gasteiger charge is 2.66. The van der Waals surface area contributed by atoms with Crippen LogP contribution in [0.4, 0.5) is 5.69 Å². The van der Waals surface area contributed by atoms with Gasteiger partial charge in [0.15, 0.2) is 0 Å². The molecule has 2 fully saturated rings. The molecule has 2 saturated heterocycles. The summed E-state index contributed by atoms with van der Waals surface area (Å²) in [5.41, 5.74) is -0.310. The number of carbonyl (C=O) groups is 3. The Hall–Kier alpha value is -2.18. The number of hydrogen-bond acceptors (Lipinski definition) is 5. The van der Waals surface area contributed by atoms with E-state index in [1.807, 2.05) is 19.1 Å². The number of halogens is 1. The number of nitrogens with zero attached hydrogens (tertiary/aromatic N) is 1. The monoisotopic (exact) mass is 361 g/mol. The molecule has 0 radical (unpaired) electrons. The van der Waals surface area contributed by atoms with E-state index >= 15 is 0 Å². The molecular formula is C18H16ClNO5. The van der Waals surface area contributed by atoms with E-state index in [9.17, 15) is 14.4 Å². The Balaban J connectivity index is 1.72. The Morgan fingerprint density at radius 1 is 1.36 bits per heavy atom. The zero-order chi connectivity index (χ0) is 17.9. The van der Waals surface area contributed by atoms with Crippen LogP contribution >= 0.6 is 11.6 Å². The Morgan fingerprint density at radius 2 is 2.12 bits per heavy atom. The maximum Gasteiger partial charge on any atom is 0.339 e. The number of carbonyl (C=O) groups excluding carboxylic acids is 3. The fraction of sp³-hybridized carbons (Fsp3) is 0.389. The molecule has 3 aliphatic rings. The molecule has 130 valence electrons. The molecule has 6 nitrogen and oxygen atoms in total. The van der Waals surface area contributed by atoms with Crippen LogP contribution in [0.1, 0.15) is 24.2 Å². The molecule has 1 aromatic rings. The summed E-state index contributed by atoms with van der Waals surface area (Å²) in [6, 6.07) is 4.47. The van der Waals surface area contributed by atoms with Crippen LogP contribution in [-0.4, -0.2) is 36.1 Å². The molecule has 0 aromatic heterocycles. The second kappa shape index (κ2) is 5.41. The Kier molecular flexibility index (Phi) is 3.53. The van der Waals surface area contributed by atoms with Crippen LogP contribution in [0.15, 0.2) is 30.4 Å². The minimum atomic E-state index is -0.757. The van der Waals surface area contributed by atoms with E-state index < -0.39 is 23.4 Å². The third-order valence-electron chi connectivity index (χ3n) is 5.03. The third-order valence-corrected chi connectivity index (χ3v) is 5.36. The van der Waals surface area contributed by atoms with Crippen molar-refractivity contribution in [2.75, 3.05) is 11.5 Å². The second-order valence-electron chi connectivity index (χ2n) is 6.53. The predicted molar refractivity (Wildman–Crippen MR) is 89.3 cm³/mol. The van der Waals surface area contributed by atoms with Crippen molar-refractivity contribution < 1.29 is 23.9 Å². The van der Waals surface area contributed by atoms with E-state index in [2.05, 4.69) is 0 Å². The predicted octanol–water partition coefficient (Wildman–Crippen LogP) is 2.35. The summed E-state index contributed by atoms with van der Waals surface area (Å²) in [5, 5.41) is 0.207. The van der Waals surface area contributed by atoms with Gasteiger partial charge in [-0.3, -0.25) is 9.59 Å². The van der Waals surface area contributed by atoms with Crippen molar-refractivity contribution >= 4 is 35.1 Å². The molecule has 1 aromatic carbocycles. The highest BCUT2D eigenvalue weighted by Crippen LogP contribution is 2.52. The smallest absolute Gasteiger partial charge is 0.339 e. The highest BCUT2D eigenvalue weighted by molar-refractivity contribution is 6.34. The lowest BCUT2D eigenvalue weighted by Gasteiger charge is -2.24. The van der Waals surface area contributed by atoms with Crippen molar-refractivity contribution in [2.45, 2.75) is 25.6 Å². The number of anilines is 1. The maximum absolute atomic E-state index is 12.9. The standard InChI is InChI=1S/C18H16ClNO5/c1-3-24-17(23)10-8-9(4-5-11(10)19)20-15(21)13-12-6-7-18(2,25-12)14(13)16(20)22/h4-8,12-14H,3H2,1-2H3/t12-,13-,14+,18-/m1/s1. The molecule has 0 N–H and O–H groups in total. The number of amides is 2. The zero-order valence-corrected chi connectivity index (χ0v) is 14.4. The summed E-state index contributed by atoms with van der Waals surface area (Å²) in [5.74, 6) is -2.29. The van der Waals surface area contributed by atoms with Crippen molar-refractivity contribution in [1.82, 2.24) is 0 Å². The van der Waals surface area contributed by atoms with Gasteiger partial charge in [-0.1, -0.05) is 23.8 Å². The molecule has 0 aliphatic carbocycles. The molecule has 25 heavy (non-hydrogen) atoms. The van der Waals surface area contributed by atoms with Gasteiger partial charge < -0.3 is 9.47 Å². The van der Waals surface area contributed by atoms with Crippen LogP contribution in [0.3, 0.4) is 0 Å². The van der Waals surface area contributed by atoms with E-state index in [-0.39, 0.29) is 35.1 Å². The molecule has 2 amide bonds. The second-order valence-corrected chi connectivity index (χ2v) is 6.93. The first-order chi connectivity index (χ1) is 11.9. The van der Waals surface area contributed by atoms with Crippen LogP contribution in [0.2, 0.25) is 5.02 Å². The summed E-state index contributed by atoms with van der Waals surface area (Å²) in [7, 11) is 0. The summed E-state index contributed by atoms with van der Waals surface area (Å²) >= 11 is 6.06. The number of benzene rings is 1. The van der Waals surface area contributed by atoms with Crippen LogP contribution in [-0.2, 0) is 19.1 Å². The summed E-state index contributed by atoms with van der Waals surface area (Å²) in [6.07, 6.45) is 3.30. The largest absolute Gasteiger partial charge is 0.462 e. The van der Waals surface area contributed by atoms with Gasteiger partial charge in [0.2, 0.25) is 11.8 Å². The van der Waals surface area contributed by atoms with Crippen LogP contribution < -0.4 is 4.90 Å². The van der Waals surface area contributed by atoms with Crippen LogP contribution in [0, 0.1) is 11.8 Å². The normalized spacial score (nSPS) is 32.4. The minimum absolute atomic E-state index is 0.127. The first kappa shape index (κ1) is 16.3. The number of ether oxygens (including phenoxy) is 2. The average Bonchev–Trinajstić information content (AvgIpc) is 3.17. The van der Waals surface area contributed by atoms with Crippen molar-refractivity contribution in [3.63, 3.8) is 0 Å². The number of rotatable bonds is 3. The molecule has 0 unspecified atom stereocenters. The van der Waals surface area contributed by atoms with E-state index in [1.165, 1.54) is 12.1 Å². The third kappa shape index (κ3) is 2.17. The first-order valence-corrected chi connectivity index (χ1v) is 8.47. The van der Waals surface area contributed by atoms with Gasteiger partial charge in [0.05, 0.1) is 46.4 Å². The van der Waals surface area contributed by atoms with Crippen molar-refractivity contribution in [1.29, 1.82) is 0 Å². The minimum Gasteiger partial charge on any atom is -0.462 e. The zero-order valence-electron chi connectivity index (χ0n) is 13.7. The summed E-state index contributed by atoms with van der Waals surface area (Å²) in [4.78, 5) is 39.0. The van der Waals surface area contributed by atoms with E-state index in [0.717, 1.165) is 4.90 Å². The number of imide groups is 1. The lowest BCUT2D eigenvalue weighted by molar-refractivity contribution is -0.126. The fourth-order valence-electron chi connectivity index (χ4n) is 3.92. The lowest BCUT2D eigenvalue weighted by atomic mass is 9.78. The number of esters is 1. The lowest BCUT2D eigenvalue weighted by Crippen LogP contribution is -2.38. The molecule has 0 saturated carbocycles. The highest BCUT2D eigenvalue weighted by atomic mass is 35.5. The van der Waals surface area contributed by atoms with Crippen molar-refractivity contribution in [3.8, 4) is 0 Å². The molecule has 4 atom stereocenters. The quantitative estimate of drug-likeness (QED) is 0.469. The van der Waals surface area contributed by atoms with Gasteiger partial charge in [-0.2, -0.15) is 0 Å². The molecule has 0 spiro atoms. The summed E-state index contributed by atoms with van der Waals surface area (Å²) < 4.78 is 10.8. The van der Waals surface area contributed by atoms with Gasteiger partial charge in [-0.25, -0.2) is 9.69 Å². The summed E-state index contributed by atoms with van der Waals surface area (Å²) in [6.45, 7) is 3.71. The van der Waals surface area contributed by atoms with Crippen molar-refractivity contribution in [3.05, 3.63) is 40.9 Å². The van der Waals surface area contributed by atoms with Gasteiger partial charge >= 0.3 is 5.97 Å². The molecule has 4 rings (SSSR count). The number of fused-ring (bicyclic) bond motifs is 5. The maximum atomic E-state index is 12.9. The van der Waals surface area contributed by atoms with Gasteiger partial charge in [0, 0.05) is 0 Å². The SMILES string of the molecule is CCOC(=O)c1cc(N2C(=O)[C@H]3[C@@H](C2=O)[C@@]2(C)C=C[C@H]3O2)ccc1Cl. The van der Waals surface area contributed by atoms with Gasteiger partial charge in [0.1, 0.15) is 0 Å². The first-order valence-electron chi connectivity index (χ1n) is 8.09. The van der Waals surface area contributed by atoms with Gasteiger partial charge in [-0.05, 0) is 32.0 Å². The van der Waals surface area contributed by atoms with Gasteiger partial charge in [0.25, 0.3) is 0 Å². The molecule has 3 aliphatic heterocycles. The van der Waals surface area contributed by atoms with E-state index in [1.54, 1.807) is 13.0 Å². The Labute approximate surface area is 149 Å². The average molecular weight is 362 g/mol.